The van der Waals surface area contributed by atoms with Gasteiger partial charge in [-0.25, -0.2) is 8.78 Å². The maximum atomic E-state index is 13.1. The Labute approximate surface area is 186 Å². The van der Waals surface area contributed by atoms with Crippen molar-refractivity contribution in [2.24, 2.45) is 0 Å². The van der Waals surface area contributed by atoms with Crippen LogP contribution in [0.1, 0.15) is 16.7 Å². The van der Waals surface area contributed by atoms with Gasteiger partial charge in [-0.1, -0.05) is 35.9 Å². The summed E-state index contributed by atoms with van der Waals surface area (Å²) in [5.74, 6) is 0.592. The summed E-state index contributed by atoms with van der Waals surface area (Å²) in [6.07, 6.45) is 0.817. The molecule has 0 atom stereocenters. The van der Waals surface area contributed by atoms with E-state index in [0.717, 1.165) is 24.1 Å². The lowest BCUT2D eigenvalue weighted by Crippen LogP contribution is -2.16. The van der Waals surface area contributed by atoms with Gasteiger partial charge in [-0.15, -0.1) is 12.4 Å². The number of halogens is 4. The normalized spacial score (nSPS) is 10.4. The van der Waals surface area contributed by atoms with Crippen LogP contribution in [0.4, 0.5) is 8.78 Å². The van der Waals surface area contributed by atoms with Gasteiger partial charge >= 0.3 is 0 Å². The molecule has 0 aromatic heterocycles. The van der Waals surface area contributed by atoms with Gasteiger partial charge in [0.2, 0.25) is 0 Å². The van der Waals surface area contributed by atoms with Crippen LogP contribution in [-0.2, 0) is 19.6 Å². The van der Waals surface area contributed by atoms with Crippen LogP contribution in [0.25, 0.3) is 0 Å². The van der Waals surface area contributed by atoms with E-state index in [4.69, 9.17) is 21.1 Å². The molecular weight excluding hydrogens is 431 g/mol. The highest BCUT2D eigenvalue weighted by Gasteiger charge is 2.08. The molecule has 0 spiro atoms. The highest BCUT2D eigenvalue weighted by Crippen LogP contribution is 2.29. The predicted molar refractivity (Wildman–Crippen MR) is 118 cm³/mol. The molecule has 0 aliphatic carbocycles. The Morgan fingerprint density at radius 3 is 2.27 bits per heavy atom. The van der Waals surface area contributed by atoms with Crippen molar-refractivity contribution >= 4 is 24.0 Å². The number of methoxy groups -OCH3 is 1. The van der Waals surface area contributed by atoms with E-state index in [-0.39, 0.29) is 30.6 Å². The Morgan fingerprint density at radius 1 is 0.867 bits per heavy atom. The largest absolute Gasteiger partial charge is 0.493 e. The molecule has 30 heavy (non-hydrogen) atoms. The van der Waals surface area contributed by atoms with Gasteiger partial charge in [0.15, 0.2) is 11.5 Å². The van der Waals surface area contributed by atoms with Crippen LogP contribution in [-0.4, -0.2) is 13.7 Å². The first-order valence-electron chi connectivity index (χ1n) is 9.24. The maximum Gasteiger partial charge on any atom is 0.161 e. The number of nitrogens with one attached hydrogen (secondary N) is 1. The van der Waals surface area contributed by atoms with Crippen LogP contribution in [0.15, 0.2) is 60.7 Å². The summed E-state index contributed by atoms with van der Waals surface area (Å²) in [5, 5.41) is 3.69. The maximum absolute atomic E-state index is 13.1. The molecule has 0 saturated carbocycles. The second-order valence-electron chi connectivity index (χ2n) is 6.56. The van der Waals surface area contributed by atoms with Crippen LogP contribution >= 0.6 is 24.0 Å². The van der Waals surface area contributed by atoms with Crippen molar-refractivity contribution in [3.63, 3.8) is 0 Å². The summed E-state index contributed by atoms with van der Waals surface area (Å²) in [6.45, 7) is 1.65. The minimum absolute atomic E-state index is 0. The number of rotatable bonds is 9. The second-order valence-corrected chi connectivity index (χ2v) is 6.97. The zero-order chi connectivity index (χ0) is 20.6. The van der Waals surface area contributed by atoms with E-state index in [0.29, 0.717) is 28.6 Å². The average Bonchev–Trinajstić information content (AvgIpc) is 2.72. The van der Waals surface area contributed by atoms with Crippen LogP contribution in [0.2, 0.25) is 5.02 Å². The zero-order valence-electron chi connectivity index (χ0n) is 16.5. The molecule has 0 saturated heterocycles. The summed E-state index contributed by atoms with van der Waals surface area (Å²) in [6, 6.07) is 16.4. The first-order valence-corrected chi connectivity index (χ1v) is 9.62. The third kappa shape index (κ3) is 6.87. The first kappa shape index (κ1) is 23.9. The molecule has 3 rings (SSSR count). The molecule has 0 aliphatic heterocycles. The van der Waals surface area contributed by atoms with Crippen LogP contribution in [0.3, 0.4) is 0 Å². The molecular formula is C23H23Cl2F2NO2. The minimum Gasteiger partial charge on any atom is -0.493 e. The Bertz CT molecular complexity index is 952. The molecule has 7 heteroatoms. The molecule has 1 N–H and O–H groups in total. The number of hydrogen-bond donors (Lipinski definition) is 1. The SMILES string of the molecule is COc1cc(CNCCc2ccc(F)cc2)ccc1OCc1ccc(F)cc1Cl.Cl. The third-order valence-electron chi connectivity index (χ3n) is 4.46. The van der Waals surface area contributed by atoms with Crippen molar-refractivity contribution in [3.8, 4) is 11.5 Å². The Morgan fingerprint density at radius 2 is 1.57 bits per heavy atom. The number of ether oxygens (including phenoxy) is 2. The molecule has 0 radical (unpaired) electrons. The monoisotopic (exact) mass is 453 g/mol. The fourth-order valence-electron chi connectivity index (χ4n) is 2.85. The minimum atomic E-state index is -0.382. The molecule has 0 unspecified atom stereocenters. The van der Waals surface area contributed by atoms with Crippen molar-refractivity contribution in [2.45, 2.75) is 19.6 Å². The summed E-state index contributed by atoms with van der Waals surface area (Å²) in [5.41, 5.74) is 2.83. The zero-order valence-corrected chi connectivity index (χ0v) is 18.0. The summed E-state index contributed by atoms with van der Waals surface area (Å²) >= 11 is 6.04. The van der Waals surface area contributed by atoms with Gasteiger partial charge in [0.1, 0.15) is 18.2 Å². The summed E-state index contributed by atoms with van der Waals surface area (Å²) < 4.78 is 37.3. The van der Waals surface area contributed by atoms with Crippen molar-refractivity contribution in [2.75, 3.05) is 13.7 Å². The number of benzene rings is 3. The fraction of sp³-hybridized carbons (Fsp3) is 0.217. The molecule has 3 aromatic rings. The van der Waals surface area contributed by atoms with Crippen molar-refractivity contribution in [1.82, 2.24) is 5.32 Å². The van der Waals surface area contributed by atoms with E-state index < -0.39 is 0 Å². The van der Waals surface area contributed by atoms with Crippen molar-refractivity contribution < 1.29 is 18.3 Å². The average molecular weight is 454 g/mol. The Hall–Kier alpha value is -2.34. The van der Waals surface area contributed by atoms with E-state index in [9.17, 15) is 8.78 Å². The van der Waals surface area contributed by atoms with Gasteiger partial charge in [0.25, 0.3) is 0 Å². The van der Waals surface area contributed by atoms with E-state index in [2.05, 4.69) is 5.32 Å². The first-order chi connectivity index (χ1) is 14.0. The van der Waals surface area contributed by atoms with Crippen molar-refractivity contribution in [1.29, 1.82) is 0 Å². The highest BCUT2D eigenvalue weighted by atomic mass is 35.5. The van der Waals surface area contributed by atoms with Crippen LogP contribution in [0, 0.1) is 11.6 Å². The van der Waals surface area contributed by atoms with Gasteiger partial charge in [-0.3, -0.25) is 0 Å². The third-order valence-corrected chi connectivity index (χ3v) is 4.81. The summed E-state index contributed by atoms with van der Waals surface area (Å²) in [7, 11) is 1.58. The summed E-state index contributed by atoms with van der Waals surface area (Å²) in [4.78, 5) is 0. The molecule has 3 aromatic carbocycles. The molecule has 0 aliphatic rings. The second kappa shape index (κ2) is 11.7. The fourth-order valence-corrected chi connectivity index (χ4v) is 3.07. The van der Waals surface area contributed by atoms with E-state index >= 15 is 0 Å². The molecule has 0 fully saturated rings. The predicted octanol–water partition coefficient (Wildman–Crippen LogP) is 5.96. The lowest BCUT2D eigenvalue weighted by Gasteiger charge is -2.13. The number of hydrogen-bond acceptors (Lipinski definition) is 3. The van der Waals surface area contributed by atoms with Gasteiger partial charge in [0, 0.05) is 12.1 Å². The lowest BCUT2D eigenvalue weighted by atomic mass is 10.1. The quantitative estimate of drug-likeness (QED) is 0.405. The van der Waals surface area contributed by atoms with E-state index in [1.54, 1.807) is 25.3 Å². The van der Waals surface area contributed by atoms with Gasteiger partial charge in [-0.05, 0) is 60.5 Å². The van der Waals surface area contributed by atoms with Crippen molar-refractivity contribution in [3.05, 3.63) is 94.0 Å². The molecule has 0 heterocycles. The highest BCUT2D eigenvalue weighted by molar-refractivity contribution is 6.31. The van der Waals surface area contributed by atoms with E-state index in [1.165, 1.54) is 24.3 Å². The van der Waals surface area contributed by atoms with Gasteiger partial charge in [0.05, 0.1) is 12.1 Å². The molecule has 160 valence electrons. The van der Waals surface area contributed by atoms with Crippen LogP contribution < -0.4 is 14.8 Å². The topological polar surface area (TPSA) is 30.5 Å². The molecule has 0 amide bonds. The molecule has 3 nitrogen and oxygen atoms in total. The molecule has 0 bridgehead atoms. The van der Waals surface area contributed by atoms with Gasteiger partial charge in [-0.2, -0.15) is 0 Å². The smallest absolute Gasteiger partial charge is 0.161 e. The van der Waals surface area contributed by atoms with Gasteiger partial charge < -0.3 is 14.8 Å². The standard InChI is InChI=1S/C23H22ClF2NO2.ClH/c1-28-23-12-17(14-27-11-10-16-2-6-19(25)7-3-16)4-9-22(23)29-15-18-5-8-20(26)13-21(18)24;/h2-9,12-13,27H,10-11,14-15H2,1H3;1H. The Balaban J connectivity index is 0.00000320. The Kier molecular flexibility index (Phi) is 9.37. The van der Waals surface area contributed by atoms with E-state index in [1.807, 2.05) is 18.2 Å². The lowest BCUT2D eigenvalue weighted by molar-refractivity contribution is 0.284. The van der Waals surface area contributed by atoms with Crippen LogP contribution in [0.5, 0.6) is 11.5 Å².